The Kier molecular flexibility index (Phi) is 5.05. The average molecular weight is 547 g/mol. The minimum atomic E-state index is -0.0714. The van der Waals surface area contributed by atoms with Crippen LogP contribution in [0.3, 0.4) is 0 Å². The van der Waals surface area contributed by atoms with E-state index in [-0.39, 0.29) is 5.41 Å². The fourth-order valence-electron chi connectivity index (χ4n) is 7.53. The van der Waals surface area contributed by atoms with E-state index in [1.54, 1.807) is 0 Å². The van der Waals surface area contributed by atoms with Gasteiger partial charge in [-0.15, -0.1) is 0 Å². The first-order valence-electron chi connectivity index (χ1n) is 15.2. The highest BCUT2D eigenvalue weighted by Gasteiger charge is 2.35. The van der Waals surface area contributed by atoms with Crippen LogP contribution in [0.5, 0.6) is 0 Å². The lowest BCUT2D eigenvalue weighted by Crippen LogP contribution is -2.15. The van der Waals surface area contributed by atoms with Gasteiger partial charge in [-0.1, -0.05) is 129 Å². The molecule has 9 rings (SSSR count). The standard InChI is InChI=1S/C43H30/c1-43(2)39-25-32(27-8-4-3-5-9-27)18-20-37(39)38-21-19-33(26-40(38)43)30-12-7-13-31(22-30)36-23-34-16-14-28-10-6-11-29-15-17-35(24-36)42(34)41(28)29/h3-26H,1-2H3. The van der Waals surface area contributed by atoms with Crippen LogP contribution < -0.4 is 0 Å². The summed E-state index contributed by atoms with van der Waals surface area (Å²) in [5.41, 5.74) is 13.0. The van der Waals surface area contributed by atoms with E-state index >= 15 is 0 Å². The van der Waals surface area contributed by atoms with Gasteiger partial charge in [0.15, 0.2) is 0 Å². The van der Waals surface area contributed by atoms with Gasteiger partial charge in [-0.3, -0.25) is 0 Å². The maximum atomic E-state index is 2.43. The Balaban J connectivity index is 1.13. The first kappa shape index (κ1) is 24.4. The monoisotopic (exact) mass is 546 g/mol. The lowest BCUT2D eigenvalue weighted by atomic mass is 9.80. The van der Waals surface area contributed by atoms with Crippen LogP contribution in [0.1, 0.15) is 25.0 Å². The topological polar surface area (TPSA) is 0 Å². The zero-order chi connectivity index (χ0) is 28.7. The van der Waals surface area contributed by atoms with E-state index in [9.17, 15) is 0 Å². The lowest BCUT2D eigenvalue weighted by Gasteiger charge is -2.22. The molecule has 0 unspecified atom stereocenters. The third-order valence-electron chi connectivity index (χ3n) is 9.78. The summed E-state index contributed by atoms with van der Waals surface area (Å²) < 4.78 is 0. The van der Waals surface area contributed by atoms with Gasteiger partial charge in [0, 0.05) is 5.41 Å². The first-order chi connectivity index (χ1) is 21.0. The van der Waals surface area contributed by atoms with Gasteiger partial charge in [-0.05, 0) is 118 Å². The predicted molar refractivity (Wildman–Crippen MR) is 184 cm³/mol. The molecule has 8 aromatic rings. The summed E-state index contributed by atoms with van der Waals surface area (Å²) in [7, 11) is 0. The molecule has 1 aliphatic carbocycles. The van der Waals surface area contributed by atoms with Crippen LogP contribution in [-0.4, -0.2) is 0 Å². The summed E-state index contributed by atoms with van der Waals surface area (Å²) in [5.74, 6) is 0. The molecule has 0 amide bonds. The molecule has 0 saturated carbocycles. The SMILES string of the molecule is CC1(C)c2cc(-c3ccccc3)ccc2-c2ccc(-c3cccc(-c4cc5ccc6cccc7ccc(c4)c5c67)c3)cc21. The highest BCUT2D eigenvalue weighted by Crippen LogP contribution is 2.50. The molecule has 0 aliphatic heterocycles. The van der Waals surface area contributed by atoms with Crippen LogP contribution in [-0.2, 0) is 5.41 Å². The van der Waals surface area contributed by atoms with Crippen LogP contribution >= 0.6 is 0 Å². The largest absolute Gasteiger partial charge is 0.0622 e. The number of fused-ring (bicyclic) bond motifs is 3. The molecular formula is C43H30. The van der Waals surface area contributed by atoms with E-state index in [0.29, 0.717) is 0 Å². The van der Waals surface area contributed by atoms with Crippen molar-refractivity contribution in [3.63, 3.8) is 0 Å². The van der Waals surface area contributed by atoms with Crippen molar-refractivity contribution in [2.45, 2.75) is 19.3 Å². The zero-order valence-corrected chi connectivity index (χ0v) is 24.4. The van der Waals surface area contributed by atoms with Gasteiger partial charge in [0.1, 0.15) is 0 Å². The Morgan fingerprint density at radius 1 is 0.326 bits per heavy atom. The highest BCUT2D eigenvalue weighted by molar-refractivity contribution is 6.23. The van der Waals surface area contributed by atoms with Gasteiger partial charge in [0.05, 0.1) is 0 Å². The highest BCUT2D eigenvalue weighted by atomic mass is 14.4. The molecule has 0 N–H and O–H groups in total. The third-order valence-corrected chi connectivity index (χ3v) is 9.78. The molecule has 202 valence electrons. The van der Waals surface area contributed by atoms with Crippen molar-refractivity contribution in [1.82, 2.24) is 0 Å². The van der Waals surface area contributed by atoms with Crippen molar-refractivity contribution in [1.29, 1.82) is 0 Å². The second kappa shape index (κ2) is 8.90. The summed E-state index contributed by atoms with van der Waals surface area (Å²) in [6.07, 6.45) is 0. The van der Waals surface area contributed by atoms with Gasteiger partial charge >= 0.3 is 0 Å². The summed E-state index contributed by atoms with van der Waals surface area (Å²) >= 11 is 0. The molecule has 0 aromatic heterocycles. The summed E-state index contributed by atoms with van der Waals surface area (Å²) in [4.78, 5) is 0. The maximum absolute atomic E-state index is 2.43. The number of benzene rings is 8. The van der Waals surface area contributed by atoms with Gasteiger partial charge in [0.2, 0.25) is 0 Å². The molecule has 0 spiro atoms. The lowest BCUT2D eigenvalue weighted by molar-refractivity contribution is 0.661. The van der Waals surface area contributed by atoms with Crippen molar-refractivity contribution in [2.75, 3.05) is 0 Å². The molecule has 0 nitrogen and oxygen atoms in total. The molecule has 0 heteroatoms. The van der Waals surface area contributed by atoms with Crippen LogP contribution in [0.2, 0.25) is 0 Å². The van der Waals surface area contributed by atoms with Crippen molar-refractivity contribution in [3.8, 4) is 44.5 Å². The number of hydrogen-bond acceptors (Lipinski definition) is 0. The average Bonchev–Trinajstić information content (AvgIpc) is 3.29. The van der Waals surface area contributed by atoms with Gasteiger partial charge in [0.25, 0.3) is 0 Å². The molecule has 0 radical (unpaired) electrons. The number of rotatable bonds is 3. The van der Waals surface area contributed by atoms with Crippen LogP contribution in [0.25, 0.3) is 76.8 Å². The Hall–Kier alpha value is -5.20. The van der Waals surface area contributed by atoms with Gasteiger partial charge in [-0.25, -0.2) is 0 Å². The molecule has 0 heterocycles. The molecule has 43 heavy (non-hydrogen) atoms. The molecular weight excluding hydrogens is 516 g/mol. The molecule has 8 aromatic carbocycles. The Bertz CT molecular complexity index is 2290. The van der Waals surface area contributed by atoms with E-state index < -0.39 is 0 Å². The Labute approximate surface area is 252 Å². The minimum Gasteiger partial charge on any atom is -0.0622 e. The normalized spacial score (nSPS) is 13.5. The van der Waals surface area contributed by atoms with Crippen molar-refractivity contribution >= 4 is 32.3 Å². The molecule has 0 bridgehead atoms. The predicted octanol–water partition coefficient (Wildman–Crippen LogP) is 11.9. The third kappa shape index (κ3) is 3.63. The minimum absolute atomic E-state index is 0.0714. The zero-order valence-electron chi connectivity index (χ0n) is 24.4. The maximum Gasteiger partial charge on any atom is 0.0159 e. The van der Waals surface area contributed by atoms with Crippen LogP contribution in [0, 0.1) is 0 Å². The fraction of sp³-hybridized carbons (Fsp3) is 0.0698. The van der Waals surface area contributed by atoms with E-state index in [1.165, 1.54) is 88.0 Å². The summed E-state index contributed by atoms with van der Waals surface area (Å²) in [5, 5.41) is 7.96. The van der Waals surface area contributed by atoms with Crippen LogP contribution in [0.4, 0.5) is 0 Å². The van der Waals surface area contributed by atoms with Crippen molar-refractivity contribution in [3.05, 3.63) is 157 Å². The van der Waals surface area contributed by atoms with Crippen molar-refractivity contribution < 1.29 is 0 Å². The fourth-order valence-corrected chi connectivity index (χ4v) is 7.53. The second-order valence-corrected chi connectivity index (χ2v) is 12.6. The van der Waals surface area contributed by atoms with Gasteiger partial charge in [-0.2, -0.15) is 0 Å². The Morgan fingerprint density at radius 2 is 0.791 bits per heavy atom. The van der Waals surface area contributed by atoms with E-state index in [2.05, 4.69) is 159 Å². The molecule has 0 saturated heterocycles. The smallest absolute Gasteiger partial charge is 0.0159 e. The molecule has 0 atom stereocenters. The quantitative estimate of drug-likeness (QED) is 0.193. The summed E-state index contributed by atoms with van der Waals surface area (Å²) in [6, 6.07) is 54.2. The van der Waals surface area contributed by atoms with Gasteiger partial charge < -0.3 is 0 Å². The van der Waals surface area contributed by atoms with E-state index in [4.69, 9.17) is 0 Å². The van der Waals surface area contributed by atoms with E-state index in [0.717, 1.165) is 0 Å². The number of hydrogen-bond donors (Lipinski definition) is 0. The van der Waals surface area contributed by atoms with Crippen molar-refractivity contribution in [2.24, 2.45) is 0 Å². The Morgan fingerprint density at radius 3 is 1.42 bits per heavy atom. The second-order valence-electron chi connectivity index (χ2n) is 12.6. The molecule has 0 fully saturated rings. The first-order valence-corrected chi connectivity index (χ1v) is 15.2. The van der Waals surface area contributed by atoms with Crippen LogP contribution in [0.15, 0.2) is 146 Å². The van der Waals surface area contributed by atoms with E-state index in [1.807, 2.05) is 0 Å². The summed E-state index contributed by atoms with van der Waals surface area (Å²) in [6.45, 7) is 4.74. The molecule has 1 aliphatic rings.